The third kappa shape index (κ3) is 5.06. The van der Waals surface area contributed by atoms with Crippen LogP contribution >= 0.6 is 15.9 Å². The first kappa shape index (κ1) is 19.5. The number of methoxy groups -OCH3 is 2. The highest BCUT2D eigenvalue weighted by molar-refractivity contribution is 9.10. The number of carbonyl (C=O) groups excluding carboxylic acids is 3. The van der Waals surface area contributed by atoms with Gasteiger partial charge >= 0.3 is 11.9 Å². The lowest BCUT2D eigenvalue weighted by Crippen LogP contribution is -2.20. The Kier molecular flexibility index (Phi) is 6.74. The number of anilines is 1. The summed E-state index contributed by atoms with van der Waals surface area (Å²) in [4.78, 5) is 34.8. The average molecular weight is 422 g/mol. The second kappa shape index (κ2) is 9.00. The van der Waals surface area contributed by atoms with E-state index in [1.54, 1.807) is 36.4 Å². The first-order valence-electron chi connectivity index (χ1n) is 7.43. The van der Waals surface area contributed by atoms with Gasteiger partial charge in [-0.05, 0) is 58.4 Å². The molecule has 0 aromatic heterocycles. The predicted octanol–water partition coefficient (Wildman–Crippen LogP) is 3.04. The molecule has 136 valence electrons. The van der Waals surface area contributed by atoms with Crippen molar-refractivity contribution in [3.8, 4) is 5.75 Å². The minimum Gasteiger partial charge on any atom is -0.483 e. The molecule has 0 saturated heterocycles. The zero-order chi connectivity index (χ0) is 19.1. The number of hydrogen-bond donors (Lipinski definition) is 1. The zero-order valence-electron chi connectivity index (χ0n) is 14.1. The highest BCUT2D eigenvalue weighted by Crippen LogP contribution is 2.26. The van der Waals surface area contributed by atoms with Gasteiger partial charge in [-0.1, -0.05) is 0 Å². The molecule has 0 heterocycles. The van der Waals surface area contributed by atoms with E-state index in [1.165, 1.54) is 20.3 Å². The molecule has 0 fully saturated rings. The van der Waals surface area contributed by atoms with Crippen LogP contribution in [0.4, 0.5) is 5.69 Å². The standard InChI is InChI=1S/C18H16BrNO6/c1-24-17(22)11-3-6-13(7-4-11)20-16(21)10-26-15-8-5-12(9-14(15)19)18(23)25-2/h3-9H,10H2,1-2H3,(H,20,21). The van der Waals surface area contributed by atoms with Crippen LogP contribution in [0, 0.1) is 0 Å². The van der Waals surface area contributed by atoms with Gasteiger partial charge in [-0.2, -0.15) is 0 Å². The van der Waals surface area contributed by atoms with E-state index in [9.17, 15) is 14.4 Å². The number of nitrogens with one attached hydrogen (secondary N) is 1. The highest BCUT2D eigenvalue weighted by atomic mass is 79.9. The van der Waals surface area contributed by atoms with Crippen LogP contribution < -0.4 is 10.1 Å². The van der Waals surface area contributed by atoms with Crippen LogP contribution in [-0.2, 0) is 14.3 Å². The number of hydrogen-bond acceptors (Lipinski definition) is 6. The van der Waals surface area contributed by atoms with Crippen molar-refractivity contribution in [3.63, 3.8) is 0 Å². The molecule has 7 nitrogen and oxygen atoms in total. The second-order valence-electron chi connectivity index (χ2n) is 5.04. The van der Waals surface area contributed by atoms with E-state index in [1.807, 2.05) is 0 Å². The Bertz CT molecular complexity index is 819. The minimum atomic E-state index is -0.467. The van der Waals surface area contributed by atoms with Crippen molar-refractivity contribution in [2.45, 2.75) is 0 Å². The topological polar surface area (TPSA) is 90.9 Å². The number of ether oxygens (including phenoxy) is 3. The fraction of sp³-hybridized carbons (Fsp3) is 0.167. The molecule has 0 aliphatic heterocycles. The third-order valence-corrected chi connectivity index (χ3v) is 3.92. The number of amides is 1. The minimum absolute atomic E-state index is 0.227. The van der Waals surface area contributed by atoms with Gasteiger partial charge in [0.25, 0.3) is 5.91 Å². The Morgan fingerprint density at radius 3 is 2.08 bits per heavy atom. The zero-order valence-corrected chi connectivity index (χ0v) is 15.7. The van der Waals surface area contributed by atoms with Crippen LogP contribution in [0.25, 0.3) is 0 Å². The fourth-order valence-corrected chi connectivity index (χ4v) is 2.50. The predicted molar refractivity (Wildman–Crippen MR) is 97.4 cm³/mol. The summed E-state index contributed by atoms with van der Waals surface area (Å²) in [5.74, 6) is -0.884. The van der Waals surface area contributed by atoms with Crippen LogP contribution in [0.1, 0.15) is 20.7 Å². The molecule has 0 bridgehead atoms. The summed E-state index contributed by atoms with van der Waals surface area (Å²) >= 11 is 3.28. The molecule has 0 saturated carbocycles. The Morgan fingerprint density at radius 1 is 0.923 bits per heavy atom. The summed E-state index contributed by atoms with van der Waals surface area (Å²) in [7, 11) is 2.59. The highest BCUT2D eigenvalue weighted by Gasteiger charge is 2.11. The van der Waals surface area contributed by atoms with Crippen LogP contribution in [0.3, 0.4) is 0 Å². The maximum atomic E-state index is 12.0. The van der Waals surface area contributed by atoms with E-state index in [4.69, 9.17) is 4.74 Å². The van der Waals surface area contributed by atoms with Crippen LogP contribution in [0.15, 0.2) is 46.9 Å². The number of halogens is 1. The smallest absolute Gasteiger partial charge is 0.337 e. The van der Waals surface area contributed by atoms with Crippen molar-refractivity contribution in [1.82, 2.24) is 0 Å². The quantitative estimate of drug-likeness (QED) is 0.720. The van der Waals surface area contributed by atoms with Gasteiger partial charge in [0.05, 0.1) is 29.8 Å². The van der Waals surface area contributed by atoms with Gasteiger partial charge in [0.2, 0.25) is 0 Å². The Hall–Kier alpha value is -2.87. The molecule has 0 aliphatic carbocycles. The fourth-order valence-electron chi connectivity index (χ4n) is 2.01. The van der Waals surface area contributed by atoms with Crippen LogP contribution in [0.2, 0.25) is 0 Å². The number of esters is 2. The Morgan fingerprint density at radius 2 is 1.50 bits per heavy atom. The average Bonchev–Trinajstić information content (AvgIpc) is 2.66. The van der Waals surface area contributed by atoms with Gasteiger partial charge in [-0.15, -0.1) is 0 Å². The van der Waals surface area contributed by atoms with Crippen LogP contribution in [0.5, 0.6) is 5.75 Å². The Labute approximate surface area is 158 Å². The summed E-state index contributed by atoms with van der Waals surface area (Å²) in [5.41, 5.74) is 1.27. The van der Waals surface area contributed by atoms with Crippen molar-refractivity contribution >= 4 is 39.5 Å². The SMILES string of the molecule is COC(=O)c1ccc(NC(=O)COc2ccc(C(=O)OC)cc2Br)cc1. The summed E-state index contributed by atoms with van der Waals surface area (Å²) < 4.78 is 15.2. The van der Waals surface area contributed by atoms with Crippen LogP contribution in [-0.4, -0.2) is 38.7 Å². The lowest BCUT2D eigenvalue weighted by molar-refractivity contribution is -0.118. The van der Waals surface area contributed by atoms with Gasteiger partial charge in [0.1, 0.15) is 5.75 Å². The van der Waals surface area contributed by atoms with Crippen molar-refractivity contribution in [3.05, 3.63) is 58.1 Å². The van der Waals surface area contributed by atoms with Crippen molar-refractivity contribution in [1.29, 1.82) is 0 Å². The van der Waals surface area contributed by atoms with E-state index >= 15 is 0 Å². The summed E-state index contributed by atoms with van der Waals surface area (Å²) in [6.07, 6.45) is 0. The molecular formula is C18H16BrNO6. The molecule has 0 unspecified atom stereocenters. The molecule has 2 aromatic rings. The summed E-state index contributed by atoms with van der Waals surface area (Å²) in [6.45, 7) is -0.227. The van der Waals surface area contributed by atoms with E-state index in [0.717, 1.165) is 0 Å². The number of rotatable bonds is 6. The molecule has 0 atom stereocenters. The van der Waals surface area contributed by atoms with Gasteiger partial charge < -0.3 is 19.5 Å². The van der Waals surface area contributed by atoms with E-state index in [2.05, 4.69) is 30.7 Å². The number of benzene rings is 2. The van der Waals surface area contributed by atoms with E-state index in [-0.39, 0.29) is 12.5 Å². The molecule has 2 rings (SSSR count). The maximum Gasteiger partial charge on any atom is 0.337 e. The van der Waals surface area contributed by atoms with Gasteiger partial charge in [0.15, 0.2) is 6.61 Å². The molecule has 8 heteroatoms. The first-order chi connectivity index (χ1) is 12.4. The van der Waals surface area contributed by atoms with Gasteiger partial charge in [0, 0.05) is 5.69 Å². The monoisotopic (exact) mass is 421 g/mol. The van der Waals surface area contributed by atoms with Crippen molar-refractivity contribution < 1.29 is 28.6 Å². The summed E-state index contributed by atoms with van der Waals surface area (Å²) in [6, 6.07) is 10.9. The normalized spacial score (nSPS) is 9.96. The van der Waals surface area contributed by atoms with E-state index < -0.39 is 11.9 Å². The third-order valence-electron chi connectivity index (χ3n) is 3.30. The molecule has 0 spiro atoms. The van der Waals surface area contributed by atoms with Gasteiger partial charge in [-0.25, -0.2) is 9.59 Å². The largest absolute Gasteiger partial charge is 0.483 e. The first-order valence-corrected chi connectivity index (χ1v) is 8.22. The maximum absolute atomic E-state index is 12.0. The molecule has 0 aliphatic rings. The molecule has 1 N–H and O–H groups in total. The van der Waals surface area contributed by atoms with Gasteiger partial charge in [-0.3, -0.25) is 4.79 Å². The summed E-state index contributed by atoms with van der Waals surface area (Å²) in [5, 5.41) is 2.65. The lowest BCUT2D eigenvalue weighted by atomic mass is 10.2. The van der Waals surface area contributed by atoms with Crippen molar-refractivity contribution in [2.75, 3.05) is 26.1 Å². The molecule has 2 aromatic carbocycles. The van der Waals surface area contributed by atoms with E-state index in [0.29, 0.717) is 27.0 Å². The second-order valence-corrected chi connectivity index (χ2v) is 5.90. The molecule has 1 amide bonds. The molecular weight excluding hydrogens is 406 g/mol. The Balaban J connectivity index is 1.92. The lowest BCUT2D eigenvalue weighted by Gasteiger charge is -2.10. The number of carbonyl (C=O) groups is 3. The molecule has 0 radical (unpaired) electrons. The van der Waals surface area contributed by atoms with Crippen molar-refractivity contribution in [2.24, 2.45) is 0 Å². The molecule has 26 heavy (non-hydrogen) atoms.